The summed E-state index contributed by atoms with van der Waals surface area (Å²) in [4.78, 5) is 9.26. The minimum absolute atomic E-state index is 0.558. The van der Waals surface area contributed by atoms with Crippen LogP contribution in [0.1, 0.15) is 30.4 Å². The quantitative estimate of drug-likeness (QED) is 0.673. The molecule has 0 saturated carbocycles. The molecular formula is C15H16Cl2IN3. The van der Waals surface area contributed by atoms with E-state index in [-0.39, 0.29) is 0 Å². The molecule has 2 rings (SSSR count). The monoisotopic (exact) mass is 435 g/mol. The maximum atomic E-state index is 6.06. The Balaban J connectivity index is 2.34. The fraction of sp³-hybridized carbons (Fsp3) is 0.333. The van der Waals surface area contributed by atoms with Gasteiger partial charge in [0.15, 0.2) is 0 Å². The second-order valence-electron chi connectivity index (χ2n) is 4.67. The Bertz CT molecular complexity index is 647. The predicted molar refractivity (Wildman–Crippen MR) is 97.6 cm³/mol. The lowest BCUT2D eigenvalue weighted by atomic mass is 10.1. The van der Waals surface area contributed by atoms with Gasteiger partial charge in [0.25, 0.3) is 0 Å². The Morgan fingerprint density at radius 3 is 2.57 bits per heavy atom. The average molecular weight is 436 g/mol. The lowest BCUT2D eigenvalue weighted by Crippen LogP contribution is -2.08. The van der Waals surface area contributed by atoms with Crippen molar-refractivity contribution in [2.24, 2.45) is 0 Å². The van der Waals surface area contributed by atoms with Crippen LogP contribution in [0.5, 0.6) is 0 Å². The third-order valence-electron chi connectivity index (χ3n) is 3.04. The average Bonchev–Trinajstić information content (AvgIpc) is 2.46. The lowest BCUT2D eigenvalue weighted by molar-refractivity contribution is 0.834. The first-order valence-electron chi connectivity index (χ1n) is 6.72. The van der Waals surface area contributed by atoms with Gasteiger partial charge in [0.05, 0.1) is 19.3 Å². The van der Waals surface area contributed by atoms with Crippen molar-refractivity contribution < 1.29 is 0 Å². The van der Waals surface area contributed by atoms with Gasteiger partial charge < -0.3 is 5.32 Å². The Hall–Kier alpha value is -0.590. The van der Waals surface area contributed by atoms with Gasteiger partial charge in [0, 0.05) is 13.5 Å². The number of hydrogen-bond acceptors (Lipinski definition) is 3. The highest BCUT2D eigenvalue weighted by Gasteiger charge is 2.11. The molecule has 1 aromatic heterocycles. The van der Waals surface area contributed by atoms with Gasteiger partial charge in [0.1, 0.15) is 11.6 Å². The van der Waals surface area contributed by atoms with Gasteiger partial charge >= 0.3 is 0 Å². The van der Waals surface area contributed by atoms with Gasteiger partial charge in [-0.15, -0.1) is 0 Å². The highest BCUT2D eigenvalue weighted by Crippen LogP contribution is 2.25. The molecule has 0 radical (unpaired) electrons. The van der Waals surface area contributed by atoms with E-state index in [1.165, 1.54) is 0 Å². The van der Waals surface area contributed by atoms with Gasteiger partial charge in [-0.05, 0) is 46.7 Å². The minimum atomic E-state index is 0.558. The Kier molecular flexibility index (Phi) is 6.08. The van der Waals surface area contributed by atoms with Crippen LogP contribution in [0.3, 0.4) is 0 Å². The normalized spacial score (nSPS) is 10.7. The first-order chi connectivity index (χ1) is 10.0. The number of anilines is 1. The van der Waals surface area contributed by atoms with Crippen LogP contribution in [0.2, 0.25) is 10.0 Å². The Labute approximate surface area is 148 Å². The third-order valence-corrected chi connectivity index (χ3v) is 4.91. The summed E-state index contributed by atoms with van der Waals surface area (Å²) in [5.74, 6) is 1.67. The van der Waals surface area contributed by atoms with Gasteiger partial charge in [0.2, 0.25) is 0 Å². The highest BCUT2D eigenvalue weighted by molar-refractivity contribution is 14.1. The van der Waals surface area contributed by atoms with Gasteiger partial charge in [-0.2, -0.15) is 0 Å². The molecule has 6 heteroatoms. The molecule has 1 heterocycles. The van der Waals surface area contributed by atoms with Crippen LogP contribution in [-0.2, 0) is 12.8 Å². The van der Waals surface area contributed by atoms with Crippen molar-refractivity contribution in [1.29, 1.82) is 0 Å². The molecule has 1 aromatic carbocycles. The van der Waals surface area contributed by atoms with Gasteiger partial charge in [-0.1, -0.05) is 42.6 Å². The smallest absolute Gasteiger partial charge is 0.143 e. The maximum absolute atomic E-state index is 6.06. The van der Waals surface area contributed by atoms with E-state index in [1.54, 1.807) is 6.07 Å². The molecule has 0 aliphatic carbocycles. The summed E-state index contributed by atoms with van der Waals surface area (Å²) in [6.07, 6.45) is 2.64. The number of nitrogens with one attached hydrogen (secondary N) is 1. The number of halogens is 3. The second-order valence-corrected chi connectivity index (χ2v) is 6.57. The molecule has 0 atom stereocenters. The largest absolute Gasteiger partial charge is 0.372 e. The zero-order valence-corrected chi connectivity index (χ0v) is 15.6. The van der Waals surface area contributed by atoms with Crippen molar-refractivity contribution in [3.8, 4) is 0 Å². The number of aromatic nitrogens is 2. The number of benzene rings is 1. The molecule has 0 amide bonds. The SMILES string of the molecule is CCCc1nc(Cc2ccc(Cl)c(Cl)c2)nc(NC)c1I. The fourth-order valence-electron chi connectivity index (χ4n) is 2.02. The first kappa shape index (κ1) is 16.8. The van der Waals surface area contributed by atoms with Crippen molar-refractivity contribution in [1.82, 2.24) is 9.97 Å². The predicted octanol–water partition coefficient (Wildman–Crippen LogP) is 4.97. The van der Waals surface area contributed by atoms with E-state index in [9.17, 15) is 0 Å². The summed E-state index contributed by atoms with van der Waals surface area (Å²) in [7, 11) is 1.88. The molecule has 0 bridgehead atoms. The summed E-state index contributed by atoms with van der Waals surface area (Å²) in [6.45, 7) is 2.15. The van der Waals surface area contributed by atoms with Crippen LogP contribution in [0, 0.1) is 3.57 Å². The first-order valence-corrected chi connectivity index (χ1v) is 8.55. The molecule has 3 nitrogen and oxygen atoms in total. The van der Waals surface area contributed by atoms with Gasteiger partial charge in [-0.3, -0.25) is 0 Å². The fourth-order valence-corrected chi connectivity index (χ4v) is 3.13. The van der Waals surface area contributed by atoms with Crippen LogP contribution < -0.4 is 5.32 Å². The topological polar surface area (TPSA) is 37.8 Å². The molecule has 112 valence electrons. The third kappa shape index (κ3) is 4.20. The summed E-state index contributed by atoms with van der Waals surface area (Å²) in [5, 5.41) is 4.25. The molecule has 0 spiro atoms. The number of hydrogen-bond donors (Lipinski definition) is 1. The summed E-state index contributed by atoms with van der Waals surface area (Å²) < 4.78 is 1.09. The van der Waals surface area contributed by atoms with Crippen LogP contribution in [-0.4, -0.2) is 17.0 Å². The van der Waals surface area contributed by atoms with Crippen molar-refractivity contribution >= 4 is 51.6 Å². The van der Waals surface area contributed by atoms with Crippen molar-refractivity contribution in [3.05, 3.63) is 48.9 Å². The summed E-state index contributed by atoms with van der Waals surface area (Å²) in [5.41, 5.74) is 2.14. The van der Waals surface area contributed by atoms with Crippen LogP contribution in [0.4, 0.5) is 5.82 Å². The van der Waals surface area contributed by atoms with Crippen LogP contribution >= 0.6 is 45.8 Å². The maximum Gasteiger partial charge on any atom is 0.143 e. The molecule has 0 aliphatic heterocycles. The van der Waals surface area contributed by atoms with Crippen LogP contribution in [0.15, 0.2) is 18.2 Å². The highest BCUT2D eigenvalue weighted by atomic mass is 127. The molecule has 1 N–H and O–H groups in total. The number of nitrogens with zero attached hydrogens (tertiary/aromatic N) is 2. The lowest BCUT2D eigenvalue weighted by Gasteiger charge is -2.11. The van der Waals surface area contributed by atoms with E-state index < -0.39 is 0 Å². The standard InChI is InChI=1S/C15H16Cl2IN3/c1-3-4-12-14(18)15(19-2)21-13(20-12)8-9-5-6-10(16)11(17)7-9/h5-7H,3-4,8H2,1-2H3,(H,19,20,21). The van der Waals surface area contributed by atoms with Crippen molar-refractivity contribution in [3.63, 3.8) is 0 Å². The summed E-state index contributed by atoms with van der Waals surface area (Å²) >= 11 is 14.3. The number of rotatable bonds is 5. The number of aryl methyl sites for hydroxylation is 1. The Morgan fingerprint density at radius 1 is 1.19 bits per heavy atom. The van der Waals surface area contributed by atoms with Gasteiger partial charge in [-0.25, -0.2) is 9.97 Å². The minimum Gasteiger partial charge on any atom is -0.372 e. The van der Waals surface area contributed by atoms with Crippen LogP contribution in [0.25, 0.3) is 0 Å². The Morgan fingerprint density at radius 2 is 1.95 bits per heavy atom. The molecule has 0 unspecified atom stereocenters. The molecule has 0 saturated heterocycles. The van der Waals surface area contributed by atoms with E-state index in [2.05, 4.69) is 44.8 Å². The van der Waals surface area contributed by atoms with E-state index in [1.807, 2.05) is 19.2 Å². The molecular weight excluding hydrogens is 420 g/mol. The van der Waals surface area contributed by atoms with E-state index in [0.717, 1.165) is 39.3 Å². The zero-order chi connectivity index (χ0) is 15.4. The van der Waals surface area contributed by atoms with E-state index >= 15 is 0 Å². The van der Waals surface area contributed by atoms with Crippen molar-refractivity contribution in [2.75, 3.05) is 12.4 Å². The molecule has 2 aromatic rings. The van der Waals surface area contributed by atoms with E-state index in [0.29, 0.717) is 16.5 Å². The van der Waals surface area contributed by atoms with E-state index in [4.69, 9.17) is 23.2 Å². The molecule has 0 aliphatic rings. The summed E-state index contributed by atoms with van der Waals surface area (Å²) in [6, 6.07) is 5.62. The second kappa shape index (κ2) is 7.61. The zero-order valence-electron chi connectivity index (χ0n) is 11.9. The molecule has 21 heavy (non-hydrogen) atoms. The molecule has 0 fully saturated rings. The van der Waals surface area contributed by atoms with Crippen molar-refractivity contribution in [2.45, 2.75) is 26.2 Å².